The molecule has 2 aromatic carbocycles. The molecule has 0 radical (unpaired) electrons. The lowest BCUT2D eigenvalue weighted by atomic mass is 10.1. The van der Waals surface area contributed by atoms with Crippen molar-refractivity contribution in [1.29, 1.82) is 0 Å². The topological polar surface area (TPSA) is 83.1 Å². The summed E-state index contributed by atoms with van der Waals surface area (Å²) >= 11 is 0. The first-order valence-electron chi connectivity index (χ1n) is 10.4. The molecule has 0 fully saturated rings. The molecule has 8 nitrogen and oxygen atoms in total. The van der Waals surface area contributed by atoms with Crippen LogP contribution in [0.25, 0.3) is 5.78 Å². The van der Waals surface area contributed by atoms with Gasteiger partial charge in [-0.15, -0.1) is 0 Å². The monoisotopic (exact) mass is 429 g/mol. The Morgan fingerprint density at radius 1 is 0.906 bits per heavy atom. The molecule has 0 bridgehead atoms. The van der Waals surface area contributed by atoms with Crippen LogP contribution in [0.2, 0.25) is 0 Å². The first kappa shape index (κ1) is 19.9. The molecule has 8 heteroatoms. The predicted molar refractivity (Wildman–Crippen MR) is 121 cm³/mol. The van der Waals surface area contributed by atoms with Gasteiger partial charge in [0.05, 0.1) is 18.8 Å². The van der Waals surface area contributed by atoms with E-state index in [0.717, 1.165) is 11.1 Å². The SMILES string of the molecule is CN1CN(C)c2nc3n(Cc4ccccc4)c(=O)c(Cc4ccccc4)c(O)n3c2C1=O. The summed E-state index contributed by atoms with van der Waals surface area (Å²) in [6.45, 7) is 0.644. The largest absolute Gasteiger partial charge is 0.494 e. The Hall–Kier alpha value is -4.07. The highest BCUT2D eigenvalue weighted by molar-refractivity contribution is 6.00. The molecule has 0 saturated carbocycles. The highest BCUT2D eigenvalue weighted by Gasteiger charge is 2.34. The molecule has 0 aliphatic carbocycles. The van der Waals surface area contributed by atoms with Gasteiger partial charge in [0.1, 0.15) is 0 Å². The van der Waals surface area contributed by atoms with Gasteiger partial charge in [-0.05, 0) is 11.1 Å². The zero-order chi connectivity index (χ0) is 22.4. The van der Waals surface area contributed by atoms with Crippen LogP contribution in [0.4, 0.5) is 5.82 Å². The second-order valence-electron chi connectivity index (χ2n) is 8.10. The van der Waals surface area contributed by atoms with Crippen LogP contribution in [0.15, 0.2) is 65.5 Å². The molecule has 3 heterocycles. The maximum Gasteiger partial charge on any atom is 0.276 e. The Labute approximate surface area is 184 Å². The van der Waals surface area contributed by atoms with Crippen molar-refractivity contribution in [3.8, 4) is 5.88 Å². The van der Waals surface area contributed by atoms with E-state index in [1.807, 2.05) is 72.6 Å². The molecule has 1 N–H and O–H groups in total. The smallest absolute Gasteiger partial charge is 0.276 e. The number of imidazole rings is 1. The molecule has 5 rings (SSSR count). The van der Waals surface area contributed by atoms with Gasteiger partial charge in [-0.2, -0.15) is 4.98 Å². The van der Waals surface area contributed by atoms with Crippen LogP contribution in [0.5, 0.6) is 5.88 Å². The average molecular weight is 429 g/mol. The summed E-state index contributed by atoms with van der Waals surface area (Å²) in [4.78, 5) is 34.7. The number of hydrogen-bond acceptors (Lipinski definition) is 5. The molecule has 162 valence electrons. The Morgan fingerprint density at radius 3 is 2.19 bits per heavy atom. The number of amides is 1. The average Bonchev–Trinajstić information content (AvgIpc) is 3.21. The van der Waals surface area contributed by atoms with Crippen molar-refractivity contribution in [3.63, 3.8) is 0 Å². The fraction of sp³-hybridized carbons (Fsp3) is 0.208. The molecule has 0 unspecified atom stereocenters. The minimum Gasteiger partial charge on any atom is -0.494 e. The van der Waals surface area contributed by atoms with Crippen LogP contribution in [0.3, 0.4) is 0 Å². The maximum atomic E-state index is 13.6. The van der Waals surface area contributed by atoms with E-state index in [1.165, 1.54) is 8.97 Å². The van der Waals surface area contributed by atoms with Gasteiger partial charge in [0.25, 0.3) is 11.5 Å². The molecule has 0 spiro atoms. The number of benzene rings is 2. The van der Waals surface area contributed by atoms with Gasteiger partial charge in [-0.3, -0.25) is 14.2 Å². The number of carbonyl (C=O) groups excluding carboxylic acids is 1. The molecule has 2 aromatic heterocycles. The number of aromatic nitrogens is 3. The molecular formula is C24H23N5O3. The lowest BCUT2D eigenvalue weighted by Gasteiger charge is -2.30. The first-order chi connectivity index (χ1) is 15.5. The van der Waals surface area contributed by atoms with Crippen molar-refractivity contribution < 1.29 is 9.90 Å². The number of anilines is 1. The third kappa shape index (κ3) is 3.11. The summed E-state index contributed by atoms with van der Waals surface area (Å²) in [6.07, 6.45) is 0.239. The molecule has 4 aromatic rings. The predicted octanol–water partition coefficient (Wildman–Crippen LogP) is 2.32. The summed E-state index contributed by atoms with van der Waals surface area (Å²) in [5.41, 5.74) is 1.97. The van der Waals surface area contributed by atoms with Gasteiger partial charge in [-0.25, -0.2) is 4.40 Å². The Bertz CT molecular complexity index is 1380. The van der Waals surface area contributed by atoms with Crippen LogP contribution >= 0.6 is 0 Å². The van der Waals surface area contributed by atoms with Crippen LogP contribution in [0, 0.1) is 0 Å². The van der Waals surface area contributed by atoms with Crippen molar-refractivity contribution in [2.75, 3.05) is 25.7 Å². The summed E-state index contributed by atoms with van der Waals surface area (Å²) in [5, 5.41) is 11.2. The maximum absolute atomic E-state index is 13.6. The number of nitrogens with zero attached hydrogens (tertiary/aromatic N) is 5. The minimum absolute atomic E-state index is 0.225. The number of hydrogen-bond donors (Lipinski definition) is 1. The fourth-order valence-electron chi connectivity index (χ4n) is 4.21. The summed E-state index contributed by atoms with van der Waals surface area (Å²) in [7, 11) is 3.53. The van der Waals surface area contributed by atoms with Gasteiger partial charge < -0.3 is 14.9 Å². The van der Waals surface area contributed by atoms with Crippen LogP contribution in [-0.4, -0.2) is 50.6 Å². The van der Waals surface area contributed by atoms with E-state index < -0.39 is 0 Å². The van der Waals surface area contributed by atoms with Crippen molar-refractivity contribution in [2.45, 2.75) is 13.0 Å². The van der Waals surface area contributed by atoms with E-state index in [0.29, 0.717) is 12.5 Å². The number of carbonyl (C=O) groups is 1. The Morgan fingerprint density at radius 2 is 1.53 bits per heavy atom. The van der Waals surface area contributed by atoms with E-state index in [1.54, 1.807) is 11.9 Å². The van der Waals surface area contributed by atoms with Crippen LogP contribution in [0.1, 0.15) is 27.2 Å². The number of rotatable bonds is 4. The van der Waals surface area contributed by atoms with Gasteiger partial charge in [0, 0.05) is 20.5 Å². The van der Waals surface area contributed by atoms with E-state index in [4.69, 9.17) is 0 Å². The zero-order valence-corrected chi connectivity index (χ0v) is 17.9. The quantitative estimate of drug-likeness (QED) is 0.538. The van der Waals surface area contributed by atoms with Gasteiger partial charge in [-0.1, -0.05) is 60.7 Å². The lowest BCUT2D eigenvalue weighted by Crippen LogP contribution is -2.43. The van der Waals surface area contributed by atoms with Gasteiger partial charge in [0.2, 0.25) is 11.7 Å². The highest BCUT2D eigenvalue weighted by Crippen LogP contribution is 2.31. The van der Waals surface area contributed by atoms with E-state index in [2.05, 4.69) is 4.98 Å². The van der Waals surface area contributed by atoms with E-state index >= 15 is 0 Å². The second kappa shape index (κ2) is 7.56. The number of aromatic hydroxyl groups is 1. The lowest BCUT2D eigenvalue weighted by molar-refractivity contribution is 0.0776. The summed E-state index contributed by atoms with van der Waals surface area (Å²) < 4.78 is 2.96. The normalized spacial score (nSPS) is 13.6. The summed E-state index contributed by atoms with van der Waals surface area (Å²) in [6, 6.07) is 19.1. The van der Waals surface area contributed by atoms with Crippen LogP contribution in [-0.2, 0) is 13.0 Å². The molecular weight excluding hydrogens is 406 g/mol. The molecule has 1 aliphatic rings. The molecule has 1 aliphatic heterocycles. The van der Waals surface area contributed by atoms with E-state index in [9.17, 15) is 14.7 Å². The van der Waals surface area contributed by atoms with Crippen molar-refractivity contribution >= 4 is 17.5 Å². The highest BCUT2D eigenvalue weighted by atomic mass is 16.3. The van der Waals surface area contributed by atoms with Crippen molar-refractivity contribution in [2.24, 2.45) is 0 Å². The van der Waals surface area contributed by atoms with Gasteiger partial charge >= 0.3 is 0 Å². The third-order valence-electron chi connectivity index (χ3n) is 5.81. The molecule has 1 amide bonds. The minimum atomic E-state index is -0.325. The Balaban J connectivity index is 1.80. The number of fused-ring (bicyclic) bond motifs is 3. The first-order valence-corrected chi connectivity index (χ1v) is 10.4. The second-order valence-corrected chi connectivity index (χ2v) is 8.10. The molecule has 32 heavy (non-hydrogen) atoms. The Kier molecular flexibility index (Phi) is 4.70. The van der Waals surface area contributed by atoms with Crippen molar-refractivity contribution in [1.82, 2.24) is 18.9 Å². The zero-order valence-electron chi connectivity index (χ0n) is 17.9. The van der Waals surface area contributed by atoms with E-state index in [-0.39, 0.29) is 47.3 Å². The van der Waals surface area contributed by atoms with Gasteiger partial charge in [0.15, 0.2) is 11.5 Å². The molecule has 0 atom stereocenters. The van der Waals surface area contributed by atoms with Crippen molar-refractivity contribution in [3.05, 3.63) is 93.4 Å². The van der Waals surface area contributed by atoms with Crippen LogP contribution < -0.4 is 10.5 Å². The standard InChI is InChI=1S/C24H23N5O3/c1-26-15-27(2)23(32)19-20(26)25-24-28(14-17-11-7-4-8-12-17)21(30)18(22(31)29(19)24)13-16-9-5-3-6-10-16/h3-12,31H,13-15H2,1-2H3. The molecule has 0 saturated heterocycles. The summed E-state index contributed by atoms with van der Waals surface area (Å²) in [5.74, 6) is 0.190. The fourth-order valence-corrected chi connectivity index (χ4v) is 4.21. The third-order valence-corrected chi connectivity index (χ3v) is 5.81.